The highest BCUT2D eigenvalue weighted by atomic mass is 16.4. The number of benzene rings is 1. The molecule has 1 aromatic carbocycles. The molecule has 0 unspecified atom stereocenters. The molecule has 1 heterocycles. The molecule has 1 fully saturated rings. The van der Waals surface area contributed by atoms with E-state index in [4.69, 9.17) is 5.11 Å². The van der Waals surface area contributed by atoms with Crippen LogP contribution in [-0.4, -0.2) is 46.2 Å². The Bertz CT molecular complexity index is 530. The van der Waals surface area contributed by atoms with Gasteiger partial charge in [0.15, 0.2) is 0 Å². The minimum Gasteiger partial charge on any atom is -0.478 e. The summed E-state index contributed by atoms with van der Waals surface area (Å²) in [6.07, 6.45) is 3.39. The first-order valence-corrected chi connectivity index (χ1v) is 6.54. The van der Waals surface area contributed by atoms with Gasteiger partial charge in [0.05, 0.1) is 6.10 Å². The first-order valence-electron chi connectivity index (χ1n) is 6.54. The van der Waals surface area contributed by atoms with Gasteiger partial charge in [-0.1, -0.05) is 12.1 Å². The van der Waals surface area contributed by atoms with Crippen molar-refractivity contribution in [2.75, 3.05) is 13.1 Å². The van der Waals surface area contributed by atoms with Crippen LogP contribution in [0.1, 0.15) is 28.8 Å². The zero-order chi connectivity index (χ0) is 14.5. The van der Waals surface area contributed by atoms with Crippen LogP contribution in [0.15, 0.2) is 30.3 Å². The molecule has 2 rings (SSSR count). The van der Waals surface area contributed by atoms with Crippen molar-refractivity contribution in [3.8, 4) is 0 Å². The van der Waals surface area contributed by atoms with E-state index in [1.54, 1.807) is 29.2 Å². The summed E-state index contributed by atoms with van der Waals surface area (Å²) in [5.41, 5.74) is 1.21. The molecule has 2 N–H and O–H groups in total. The average Bonchev–Trinajstić information content (AvgIpc) is 2.45. The predicted molar refractivity (Wildman–Crippen MR) is 74.3 cm³/mol. The Labute approximate surface area is 117 Å². The molecular weight excluding hydrogens is 258 g/mol. The minimum atomic E-state index is -1.02. The van der Waals surface area contributed by atoms with Crippen LogP contribution in [-0.2, 0) is 4.79 Å². The fourth-order valence-electron chi connectivity index (χ4n) is 2.19. The lowest BCUT2D eigenvalue weighted by atomic mass is 10.1. The van der Waals surface area contributed by atoms with E-state index in [0.29, 0.717) is 37.1 Å². The van der Waals surface area contributed by atoms with Crippen molar-refractivity contribution >= 4 is 18.0 Å². The molecule has 0 aromatic heterocycles. The lowest BCUT2D eigenvalue weighted by Gasteiger charge is -2.29. The number of hydrogen-bond acceptors (Lipinski definition) is 3. The zero-order valence-electron chi connectivity index (χ0n) is 11.0. The molecule has 0 spiro atoms. The van der Waals surface area contributed by atoms with E-state index >= 15 is 0 Å². The number of carbonyl (C=O) groups is 2. The van der Waals surface area contributed by atoms with Crippen LogP contribution in [0.5, 0.6) is 0 Å². The first-order chi connectivity index (χ1) is 9.56. The summed E-state index contributed by atoms with van der Waals surface area (Å²) in [5.74, 6) is -1.10. The molecule has 0 bridgehead atoms. The SMILES string of the molecule is O=C(O)C=Cc1cccc(C(=O)N2CCC(O)CC2)c1. The van der Waals surface area contributed by atoms with Gasteiger partial charge in [-0.2, -0.15) is 0 Å². The monoisotopic (exact) mass is 275 g/mol. The van der Waals surface area contributed by atoms with Gasteiger partial charge < -0.3 is 15.1 Å². The molecule has 106 valence electrons. The standard InChI is InChI=1S/C15H17NO4/c17-13-6-8-16(9-7-13)15(20)12-3-1-2-11(10-12)4-5-14(18)19/h1-5,10,13,17H,6-9H2,(H,18,19). The van der Waals surface area contributed by atoms with Crippen molar-refractivity contribution in [1.82, 2.24) is 4.90 Å². The smallest absolute Gasteiger partial charge is 0.328 e. The van der Waals surface area contributed by atoms with Crippen molar-refractivity contribution in [2.24, 2.45) is 0 Å². The van der Waals surface area contributed by atoms with Crippen LogP contribution in [0, 0.1) is 0 Å². The van der Waals surface area contributed by atoms with E-state index in [2.05, 4.69) is 0 Å². The van der Waals surface area contributed by atoms with E-state index < -0.39 is 5.97 Å². The number of aliphatic carboxylic acids is 1. The summed E-state index contributed by atoms with van der Waals surface area (Å²) in [4.78, 5) is 24.5. The molecule has 0 saturated carbocycles. The number of aliphatic hydroxyl groups excluding tert-OH is 1. The molecule has 5 heteroatoms. The Morgan fingerprint density at radius 2 is 1.95 bits per heavy atom. The summed E-state index contributed by atoms with van der Waals surface area (Å²) < 4.78 is 0. The Morgan fingerprint density at radius 3 is 2.60 bits per heavy atom. The average molecular weight is 275 g/mol. The van der Waals surface area contributed by atoms with E-state index in [-0.39, 0.29) is 12.0 Å². The molecule has 0 atom stereocenters. The Balaban J connectivity index is 2.10. The number of carbonyl (C=O) groups excluding carboxylic acids is 1. The highest BCUT2D eigenvalue weighted by Gasteiger charge is 2.22. The summed E-state index contributed by atoms with van der Waals surface area (Å²) in [6.45, 7) is 1.10. The molecule has 1 aliphatic heterocycles. The maximum atomic E-state index is 12.3. The lowest BCUT2D eigenvalue weighted by Crippen LogP contribution is -2.40. The van der Waals surface area contributed by atoms with Crippen LogP contribution in [0.3, 0.4) is 0 Å². The molecule has 0 radical (unpaired) electrons. The molecule has 1 saturated heterocycles. The number of nitrogens with zero attached hydrogens (tertiary/aromatic N) is 1. The first kappa shape index (κ1) is 14.3. The summed E-state index contributed by atoms with van der Waals surface area (Å²) in [7, 11) is 0. The van der Waals surface area contributed by atoms with Crippen molar-refractivity contribution in [2.45, 2.75) is 18.9 Å². The largest absolute Gasteiger partial charge is 0.478 e. The predicted octanol–water partition coefficient (Wildman–Crippen LogP) is 1.38. The van der Waals surface area contributed by atoms with Crippen molar-refractivity contribution < 1.29 is 19.8 Å². The second kappa shape index (κ2) is 6.34. The molecular formula is C15H17NO4. The van der Waals surface area contributed by atoms with Crippen molar-refractivity contribution in [3.05, 3.63) is 41.5 Å². The van der Waals surface area contributed by atoms with Crippen molar-refractivity contribution in [1.29, 1.82) is 0 Å². The summed E-state index contributed by atoms with van der Waals surface area (Å²) in [5, 5.41) is 18.0. The third-order valence-corrected chi connectivity index (χ3v) is 3.30. The number of rotatable bonds is 3. The van der Waals surface area contributed by atoms with Gasteiger partial charge in [-0.05, 0) is 36.6 Å². The van der Waals surface area contributed by atoms with Crippen LogP contribution in [0.25, 0.3) is 6.08 Å². The minimum absolute atomic E-state index is 0.0810. The Morgan fingerprint density at radius 1 is 1.25 bits per heavy atom. The number of carboxylic acids is 1. The fourth-order valence-corrected chi connectivity index (χ4v) is 2.19. The summed E-state index contributed by atoms with van der Waals surface area (Å²) >= 11 is 0. The topological polar surface area (TPSA) is 77.8 Å². The van der Waals surface area contributed by atoms with E-state index in [1.165, 1.54) is 6.08 Å². The second-order valence-corrected chi connectivity index (χ2v) is 4.82. The molecule has 1 aromatic rings. The lowest BCUT2D eigenvalue weighted by molar-refractivity contribution is -0.131. The van der Waals surface area contributed by atoms with E-state index in [0.717, 1.165) is 6.08 Å². The molecule has 20 heavy (non-hydrogen) atoms. The number of hydrogen-bond donors (Lipinski definition) is 2. The molecule has 5 nitrogen and oxygen atoms in total. The maximum absolute atomic E-state index is 12.3. The van der Waals surface area contributed by atoms with Gasteiger partial charge in [0, 0.05) is 24.7 Å². The molecule has 1 aliphatic rings. The third-order valence-electron chi connectivity index (χ3n) is 3.30. The van der Waals surface area contributed by atoms with Crippen LogP contribution < -0.4 is 0 Å². The fraction of sp³-hybridized carbons (Fsp3) is 0.333. The molecule has 0 aliphatic carbocycles. The number of aliphatic hydroxyl groups is 1. The Hall–Kier alpha value is -2.14. The van der Waals surface area contributed by atoms with Crippen molar-refractivity contribution in [3.63, 3.8) is 0 Å². The highest BCUT2D eigenvalue weighted by Crippen LogP contribution is 2.15. The number of likely N-dealkylation sites (tertiary alicyclic amines) is 1. The third kappa shape index (κ3) is 3.68. The second-order valence-electron chi connectivity index (χ2n) is 4.82. The van der Waals surface area contributed by atoms with Gasteiger partial charge in [0.2, 0.25) is 0 Å². The molecule has 1 amide bonds. The van der Waals surface area contributed by atoms with Gasteiger partial charge >= 0.3 is 5.97 Å². The van der Waals surface area contributed by atoms with Crippen LogP contribution >= 0.6 is 0 Å². The number of carboxylic acid groups (broad SMARTS) is 1. The zero-order valence-corrected chi connectivity index (χ0v) is 11.0. The van der Waals surface area contributed by atoms with Gasteiger partial charge in [0.1, 0.15) is 0 Å². The highest BCUT2D eigenvalue weighted by molar-refractivity contribution is 5.95. The van der Waals surface area contributed by atoms with Gasteiger partial charge in [-0.25, -0.2) is 4.79 Å². The number of amides is 1. The normalized spacial score (nSPS) is 16.6. The van der Waals surface area contributed by atoms with Gasteiger partial charge in [0.25, 0.3) is 5.91 Å². The van der Waals surface area contributed by atoms with Gasteiger partial charge in [-0.3, -0.25) is 4.79 Å². The quantitative estimate of drug-likeness (QED) is 0.817. The van der Waals surface area contributed by atoms with Crippen LogP contribution in [0.4, 0.5) is 0 Å². The van der Waals surface area contributed by atoms with E-state index in [9.17, 15) is 14.7 Å². The van der Waals surface area contributed by atoms with E-state index in [1.807, 2.05) is 0 Å². The Kier molecular flexibility index (Phi) is 4.53. The summed E-state index contributed by atoms with van der Waals surface area (Å²) in [6, 6.07) is 6.86. The number of piperidine rings is 1. The maximum Gasteiger partial charge on any atom is 0.328 e. The van der Waals surface area contributed by atoms with Gasteiger partial charge in [-0.15, -0.1) is 0 Å². The van der Waals surface area contributed by atoms with Crippen LogP contribution in [0.2, 0.25) is 0 Å².